The van der Waals surface area contributed by atoms with Gasteiger partial charge in [-0.2, -0.15) is 0 Å². The number of hydrogen-bond acceptors (Lipinski definition) is 2. The molecule has 5 heteroatoms. The molecule has 0 radical (unpaired) electrons. The van der Waals surface area contributed by atoms with Crippen LogP contribution in [-0.2, 0) is 9.84 Å². The van der Waals surface area contributed by atoms with Gasteiger partial charge < -0.3 is 0 Å². The summed E-state index contributed by atoms with van der Waals surface area (Å²) in [5, 5.41) is 0. The number of rotatable bonds is 4. The van der Waals surface area contributed by atoms with Crippen LogP contribution >= 0.6 is 23.2 Å². The Morgan fingerprint density at radius 3 is 2.20 bits per heavy atom. The van der Waals surface area contributed by atoms with E-state index in [-0.39, 0.29) is 5.75 Å². The molecule has 0 unspecified atom stereocenters. The number of hydrogen-bond donors (Lipinski definition) is 0. The summed E-state index contributed by atoms with van der Waals surface area (Å²) in [6.45, 7) is 1.91. The first-order valence-electron chi connectivity index (χ1n) is 3.00. The Morgan fingerprint density at radius 2 is 1.90 bits per heavy atom. The molecule has 0 aromatic carbocycles. The predicted octanol–water partition coefficient (Wildman–Crippen LogP) is 1.96. The molecule has 0 aromatic heterocycles. The minimum absolute atomic E-state index is 0.0845. The van der Waals surface area contributed by atoms with Gasteiger partial charge in [-0.05, 0) is 6.42 Å². The predicted molar refractivity (Wildman–Crippen MR) is 44.2 cm³/mol. The van der Waals surface area contributed by atoms with Crippen LogP contribution in [0.3, 0.4) is 0 Å². The van der Waals surface area contributed by atoms with Crippen LogP contribution in [0.4, 0.5) is 0 Å². The molecule has 0 heterocycles. The third kappa shape index (κ3) is 3.64. The third-order valence-electron chi connectivity index (χ3n) is 1.05. The zero-order valence-corrected chi connectivity index (χ0v) is 8.01. The van der Waals surface area contributed by atoms with Crippen molar-refractivity contribution in [3.05, 3.63) is 0 Å². The quantitative estimate of drug-likeness (QED) is 0.657. The van der Waals surface area contributed by atoms with Gasteiger partial charge in [0, 0.05) is 0 Å². The van der Waals surface area contributed by atoms with Crippen molar-refractivity contribution in [2.45, 2.75) is 23.9 Å². The van der Waals surface area contributed by atoms with E-state index in [1.807, 2.05) is 6.92 Å². The van der Waals surface area contributed by atoms with E-state index in [0.717, 1.165) is 6.42 Å². The van der Waals surface area contributed by atoms with E-state index in [0.29, 0.717) is 6.42 Å². The van der Waals surface area contributed by atoms with Gasteiger partial charge in [-0.1, -0.05) is 36.5 Å². The summed E-state index contributed by atoms with van der Waals surface area (Å²) < 4.78 is 20.4. The average molecular weight is 205 g/mol. The van der Waals surface area contributed by atoms with Gasteiger partial charge in [0.05, 0.1) is 5.75 Å². The largest absolute Gasteiger partial charge is 0.226 e. The molecule has 0 bridgehead atoms. The van der Waals surface area contributed by atoms with Gasteiger partial charge in [-0.15, -0.1) is 0 Å². The monoisotopic (exact) mass is 204 g/mol. The second-order valence-corrected chi connectivity index (χ2v) is 5.80. The first-order valence-corrected chi connectivity index (χ1v) is 5.59. The lowest BCUT2D eigenvalue weighted by Crippen LogP contribution is -2.13. The van der Waals surface area contributed by atoms with Crippen molar-refractivity contribution in [3.8, 4) is 0 Å². The Bertz CT molecular complexity index is 174. The molecule has 62 valence electrons. The Balaban J connectivity index is 3.90. The molecular weight excluding hydrogens is 195 g/mol. The molecule has 0 aliphatic carbocycles. The fraction of sp³-hybridized carbons (Fsp3) is 1.00. The first-order chi connectivity index (χ1) is 4.50. The lowest BCUT2D eigenvalue weighted by molar-refractivity contribution is 0.595. The van der Waals surface area contributed by atoms with Gasteiger partial charge >= 0.3 is 0 Å². The van der Waals surface area contributed by atoms with Crippen molar-refractivity contribution in [3.63, 3.8) is 0 Å². The van der Waals surface area contributed by atoms with E-state index >= 15 is 0 Å². The number of halogens is 2. The zero-order chi connectivity index (χ0) is 8.20. The minimum Gasteiger partial charge on any atom is -0.226 e. The van der Waals surface area contributed by atoms with Crippen LogP contribution in [0.2, 0.25) is 0 Å². The van der Waals surface area contributed by atoms with Gasteiger partial charge in [-0.25, -0.2) is 8.42 Å². The summed E-state index contributed by atoms with van der Waals surface area (Å²) in [6.07, 6.45) is 1.46. The van der Waals surface area contributed by atoms with E-state index in [9.17, 15) is 8.42 Å². The maximum Gasteiger partial charge on any atom is 0.207 e. The maximum atomic E-state index is 10.8. The minimum atomic E-state index is -3.23. The third-order valence-corrected chi connectivity index (χ3v) is 4.08. The summed E-state index contributed by atoms with van der Waals surface area (Å²) in [5.41, 5.74) is 0. The molecule has 10 heavy (non-hydrogen) atoms. The molecule has 0 aliphatic heterocycles. The highest BCUT2D eigenvalue weighted by Crippen LogP contribution is 2.13. The van der Waals surface area contributed by atoms with Crippen LogP contribution in [0.15, 0.2) is 0 Å². The van der Waals surface area contributed by atoms with E-state index < -0.39 is 14.0 Å². The Labute approximate surface area is 71.4 Å². The molecule has 0 atom stereocenters. The smallest absolute Gasteiger partial charge is 0.207 e. The van der Waals surface area contributed by atoms with E-state index in [4.69, 9.17) is 23.2 Å². The first kappa shape index (κ1) is 10.5. The molecule has 0 amide bonds. The molecule has 0 aliphatic rings. The van der Waals surface area contributed by atoms with Crippen LogP contribution in [0.1, 0.15) is 19.8 Å². The molecule has 0 aromatic rings. The van der Waals surface area contributed by atoms with Gasteiger partial charge in [0.2, 0.25) is 4.17 Å². The van der Waals surface area contributed by atoms with Crippen molar-refractivity contribution in [2.75, 3.05) is 5.75 Å². The molecular formula is C5H10Cl2O2S. The Hall–Kier alpha value is 0.530. The highest BCUT2D eigenvalue weighted by Gasteiger charge is 2.18. The van der Waals surface area contributed by atoms with Gasteiger partial charge in [0.15, 0.2) is 9.84 Å². The summed E-state index contributed by atoms with van der Waals surface area (Å²) in [4.78, 5) is 0. The molecule has 0 spiro atoms. The summed E-state index contributed by atoms with van der Waals surface area (Å²) >= 11 is 10.4. The SMILES string of the molecule is CCCCS(=O)(=O)C(Cl)Cl. The van der Waals surface area contributed by atoms with Crippen LogP contribution in [-0.4, -0.2) is 18.3 Å². The van der Waals surface area contributed by atoms with Crippen molar-refractivity contribution in [1.82, 2.24) is 0 Å². The zero-order valence-electron chi connectivity index (χ0n) is 5.68. The number of alkyl halides is 2. The van der Waals surface area contributed by atoms with Crippen molar-refractivity contribution < 1.29 is 8.42 Å². The fourth-order valence-corrected chi connectivity index (χ4v) is 1.84. The van der Waals surface area contributed by atoms with Crippen molar-refractivity contribution >= 4 is 33.0 Å². The van der Waals surface area contributed by atoms with Gasteiger partial charge in [-0.3, -0.25) is 0 Å². The highest BCUT2D eigenvalue weighted by atomic mass is 35.5. The summed E-state index contributed by atoms with van der Waals surface area (Å²) in [5.74, 6) is 0.0845. The Morgan fingerprint density at radius 1 is 1.40 bits per heavy atom. The maximum absolute atomic E-state index is 10.8. The molecule has 0 saturated carbocycles. The molecule has 0 rings (SSSR count). The van der Waals surface area contributed by atoms with Gasteiger partial charge in [0.25, 0.3) is 0 Å². The second kappa shape index (κ2) is 4.42. The van der Waals surface area contributed by atoms with Crippen molar-refractivity contribution in [2.24, 2.45) is 0 Å². The lowest BCUT2D eigenvalue weighted by atomic mass is 10.4. The van der Waals surface area contributed by atoms with Crippen LogP contribution in [0.5, 0.6) is 0 Å². The molecule has 2 nitrogen and oxygen atoms in total. The normalized spacial score (nSPS) is 12.4. The highest BCUT2D eigenvalue weighted by molar-refractivity contribution is 7.94. The molecule has 0 saturated heterocycles. The summed E-state index contributed by atoms with van der Waals surface area (Å²) in [6, 6.07) is 0. The van der Waals surface area contributed by atoms with Gasteiger partial charge in [0.1, 0.15) is 0 Å². The molecule has 0 N–H and O–H groups in total. The van der Waals surface area contributed by atoms with Crippen molar-refractivity contribution in [1.29, 1.82) is 0 Å². The average Bonchev–Trinajstić information content (AvgIpc) is 1.84. The fourth-order valence-electron chi connectivity index (χ4n) is 0.435. The van der Waals surface area contributed by atoms with Crippen LogP contribution in [0.25, 0.3) is 0 Å². The number of unbranched alkanes of at least 4 members (excludes halogenated alkanes) is 1. The Kier molecular flexibility index (Phi) is 4.65. The van der Waals surface area contributed by atoms with E-state index in [1.165, 1.54) is 0 Å². The standard InChI is InChI=1S/C5H10Cl2O2S/c1-2-3-4-10(8,9)5(6)7/h5H,2-4H2,1H3. The van der Waals surface area contributed by atoms with Crippen LogP contribution < -0.4 is 0 Å². The lowest BCUT2D eigenvalue weighted by Gasteiger charge is -2.01. The topological polar surface area (TPSA) is 34.1 Å². The van der Waals surface area contributed by atoms with E-state index in [2.05, 4.69) is 0 Å². The molecule has 0 fully saturated rings. The van der Waals surface area contributed by atoms with E-state index in [1.54, 1.807) is 0 Å². The van der Waals surface area contributed by atoms with Crippen LogP contribution in [0, 0.1) is 0 Å². The second-order valence-electron chi connectivity index (χ2n) is 1.98. The summed E-state index contributed by atoms with van der Waals surface area (Å²) in [7, 11) is -3.23. The number of sulfone groups is 1.